The summed E-state index contributed by atoms with van der Waals surface area (Å²) < 4.78 is 27.1. The molecule has 230 valence electrons. The highest BCUT2D eigenvalue weighted by molar-refractivity contribution is 7.92. The molecule has 7 nitrogen and oxygen atoms in total. The van der Waals surface area contributed by atoms with Crippen molar-refractivity contribution in [3.8, 4) is 0 Å². The largest absolute Gasteiger partial charge is 0.352 e. The number of rotatable bonds is 11. The Morgan fingerprint density at radius 3 is 2.23 bits per heavy atom. The van der Waals surface area contributed by atoms with E-state index in [-0.39, 0.29) is 24.9 Å². The van der Waals surface area contributed by atoms with Gasteiger partial charge in [0.1, 0.15) is 12.6 Å². The maximum Gasteiger partial charge on any atom is 0.244 e. The summed E-state index contributed by atoms with van der Waals surface area (Å²) in [6.07, 6.45) is 6.24. The summed E-state index contributed by atoms with van der Waals surface area (Å²) in [4.78, 5) is 29.8. The van der Waals surface area contributed by atoms with Crippen molar-refractivity contribution in [1.29, 1.82) is 0 Å². The molecule has 1 fully saturated rings. The zero-order valence-corrected chi connectivity index (χ0v) is 27.3. The fourth-order valence-electron chi connectivity index (χ4n) is 5.43. The molecule has 43 heavy (non-hydrogen) atoms. The average molecular weight is 665 g/mol. The van der Waals surface area contributed by atoms with Crippen molar-refractivity contribution in [3.63, 3.8) is 0 Å². The van der Waals surface area contributed by atoms with E-state index in [2.05, 4.69) is 5.32 Å². The smallest absolute Gasteiger partial charge is 0.244 e. The monoisotopic (exact) mass is 663 g/mol. The maximum atomic E-state index is 14.3. The van der Waals surface area contributed by atoms with Gasteiger partial charge < -0.3 is 10.2 Å². The summed E-state index contributed by atoms with van der Waals surface area (Å²) in [5, 5.41) is 4.31. The van der Waals surface area contributed by atoms with Crippen LogP contribution in [0.15, 0.2) is 66.7 Å². The van der Waals surface area contributed by atoms with Gasteiger partial charge in [-0.1, -0.05) is 90.5 Å². The molecule has 0 radical (unpaired) electrons. The van der Waals surface area contributed by atoms with Gasteiger partial charge in [-0.05, 0) is 66.8 Å². The molecule has 3 aromatic rings. The number of hydrogen-bond acceptors (Lipinski definition) is 4. The topological polar surface area (TPSA) is 86.8 Å². The van der Waals surface area contributed by atoms with Crippen LogP contribution < -0.4 is 9.62 Å². The predicted molar refractivity (Wildman–Crippen MR) is 174 cm³/mol. The molecule has 0 aromatic heterocycles. The van der Waals surface area contributed by atoms with Gasteiger partial charge in [0.2, 0.25) is 21.8 Å². The highest BCUT2D eigenvalue weighted by Crippen LogP contribution is 2.28. The first kappa shape index (κ1) is 33.1. The molecule has 11 heteroatoms. The Hall–Kier alpha value is -2.78. The van der Waals surface area contributed by atoms with Gasteiger partial charge in [0, 0.05) is 24.0 Å². The van der Waals surface area contributed by atoms with Gasteiger partial charge in [-0.3, -0.25) is 13.9 Å². The summed E-state index contributed by atoms with van der Waals surface area (Å²) in [5.74, 6) is -0.816. The molecule has 3 aromatic carbocycles. The number of carbonyl (C=O) groups is 2. The minimum atomic E-state index is -3.89. The lowest BCUT2D eigenvalue weighted by molar-refractivity contribution is -0.140. The van der Waals surface area contributed by atoms with E-state index in [1.807, 2.05) is 30.3 Å². The van der Waals surface area contributed by atoms with Crippen LogP contribution >= 0.6 is 34.8 Å². The number of hydrogen-bond donors (Lipinski definition) is 1. The first-order chi connectivity index (χ1) is 20.4. The van der Waals surface area contributed by atoms with Gasteiger partial charge >= 0.3 is 0 Å². The van der Waals surface area contributed by atoms with Gasteiger partial charge in [0.05, 0.1) is 22.0 Å². The minimum Gasteiger partial charge on any atom is -0.352 e. The van der Waals surface area contributed by atoms with E-state index < -0.39 is 28.5 Å². The Morgan fingerprint density at radius 1 is 0.907 bits per heavy atom. The highest BCUT2D eigenvalue weighted by Gasteiger charge is 2.34. The molecular formula is C32H36Cl3N3O4S. The molecule has 1 aliphatic rings. The molecule has 4 rings (SSSR count). The van der Waals surface area contributed by atoms with Crippen molar-refractivity contribution in [3.05, 3.63) is 98.5 Å². The molecule has 1 atom stereocenters. The number of carbonyl (C=O) groups excluding carboxylic acids is 2. The lowest BCUT2D eigenvalue weighted by Gasteiger charge is -2.35. The molecule has 0 heterocycles. The Balaban J connectivity index is 1.75. The Morgan fingerprint density at radius 2 is 1.60 bits per heavy atom. The third kappa shape index (κ3) is 9.11. The molecule has 1 saturated carbocycles. The number of anilines is 1. The maximum absolute atomic E-state index is 14.3. The lowest BCUT2D eigenvalue weighted by Crippen LogP contribution is -2.55. The van der Waals surface area contributed by atoms with Crippen molar-refractivity contribution in [2.24, 2.45) is 0 Å². The van der Waals surface area contributed by atoms with E-state index in [4.69, 9.17) is 34.8 Å². The van der Waals surface area contributed by atoms with E-state index >= 15 is 0 Å². The summed E-state index contributed by atoms with van der Waals surface area (Å²) in [6, 6.07) is 18.4. The molecular weight excluding hydrogens is 629 g/mol. The van der Waals surface area contributed by atoms with Gasteiger partial charge in [-0.25, -0.2) is 8.42 Å². The van der Waals surface area contributed by atoms with E-state index in [1.54, 1.807) is 43.3 Å². The third-order valence-corrected chi connectivity index (χ3v) is 9.77. The van der Waals surface area contributed by atoms with E-state index in [1.165, 1.54) is 4.90 Å². The second-order valence-corrected chi connectivity index (χ2v) is 14.2. The predicted octanol–water partition coefficient (Wildman–Crippen LogP) is 6.81. The summed E-state index contributed by atoms with van der Waals surface area (Å²) in [5.41, 5.74) is 2.45. The minimum absolute atomic E-state index is 0.0164. The highest BCUT2D eigenvalue weighted by atomic mass is 35.5. The number of nitrogens with zero attached hydrogens (tertiary/aromatic N) is 2. The Kier molecular flexibility index (Phi) is 11.4. The molecule has 0 spiro atoms. The molecule has 0 saturated heterocycles. The lowest BCUT2D eigenvalue weighted by atomic mass is 9.94. The van der Waals surface area contributed by atoms with Crippen molar-refractivity contribution < 1.29 is 18.0 Å². The van der Waals surface area contributed by atoms with Crippen LogP contribution in [0, 0.1) is 6.92 Å². The number of halogens is 3. The first-order valence-electron chi connectivity index (χ1n) is 14.2. The van der Waals surface area contributed by atoms with Crippen LogP contribution in [-0.2, 0) is 32.6 Å². The van der Waals surface area contributed by atoms with Crippen LogP contribution in [0.5, 0.6) is 0 Å². The van der Waals surface area contributed by atoms with E-state index in [9.17, 15) is 18.0 Å². The van der Waals surface area contributed by atoms with Crippen molar-refractivity contribution in [2.45, 2.75) is 64.1 Å². The summed E-state index contributed by atoms with van der Waals surface area (Å²) in [6.45, 7) is 1.24. The van der Waals surface area contributed by atoms with Gasteiger partial charge in [0.25, 0.3) is 0 Å². The number of sulfonamides is 1. The van der Waals surface area contributed by atoms with E-state index in [0.29, 0.717) is 31.9 Å². The molecule has 0 aliphatic heterocycles. The average Bonchev–Trinajstić information content (AvgIpc) is 2.96. The quantitative estimate of drug-likeness (QED) is 0.244. The SMILES string of the molecule is Cc1cc(Cl)ccc1N(CC(=O)N(Cc1ccc(Cl)c(Cl)c1)C(Cc1ccccc1)C(=O)NC1CCCCC1)S(C)(=O)=O. The second-order valence-electron chi connectivity index (χ2n) is 11.0. The van der Waals surface area contributed by atoms with Gasteiger partial charge in [-0.15, -0.1) is 0 Å². The Labute approximate surface area is 269 Å². The number of nitrogens with one attached hydrogen (secondary N) is 1. The fourth-order valence-corrected chi connectivity index (χ4v) is 6.88. The van der Waals surface area contributed by atoms with Crippen LogP contribution in [0.2, 0.25) is 15.1 Å². The molecule has 2 amide bonds. The van der Waals surface area contributed by atoms with Crippen LogP contribution in [0.25, 0.3) is 0 Å². The molecule has 0 bridgehead atoms. The first-order valence-corrected chi connectivity index (χ1v) is 17.2. The van der Waals surface area contributed by atoms with Crippen LogP contribution in [0.3, 0.4) is 0 Å². The molecule has 1 N–H and O–H groups in total. The van der Waals surface area contributed by atoms with Gasteiger partial charge in [-0.2, -0.15) is 0 Å². The number of benzene rings is 3. The van der Waals surface area contributed by atoms with Crippen molar-refractivity contribution in [1.82, 2.24) is 10.2 Å². The van der Waals surface area contributed by atoms with Crippen LogP contribution in [0.4, 0.5) is 5.69 Å². The van der Waals surface area contributed by atoms with Gasteiger partial charge in [0.15, 0.2) is 0 Å². The van der Waals surface area contributed by atoms with Crippen LogP contribution in [-0.4, -0.2) is 50.0 Å². The van der Waals surface area contributed by atoms with Crippen LogP contribution in [0.1, 0.15) is 48.8 Å². The zero-order valence-electron chi connectivity index (χ0n) is 24.2. The van der Waals surface area contributed by atoms with E-state index in [0.717, 1.165) is 48.2 Å². The fraction of sp³-hybridized carbons (Fsp3) is 0.375. The summed E-state index contributed by atoms with van der Waals surface area (Å²) in [7, 11) is -3.89. The Bertz CT molecular complexity index is 1550. The zero-order chi connectivity index (χ0) is 31.1. The number of amides is 2. The van der Waals surface area contributed by atoms with Crippen molar-refractivity contribution in [2.75, 3.05) is 17.1 Å². The standard InChI is InChI=1S/C32H36Cl3N3O4S/c1-22-17-25(33)14-16-29(22)38(43(2,41)42)21-31(39)37(20-24-13-15-27(34)28(35)18-24)30(19-23-9-5-3-6-10-23)32(40)36-26-11-7-4-8-12-26/h3,5-6,9-10,13-18,26,30H,4,7-8,11-12,19-21H2,1-2H3,(H,36,40). The van der Waals surface area contributed by atoms with Crippen molar-refractivity contribution >= 4 is 62.3 Å². The normalized spacial score (nSPS) is 14.6. The number of aryl methyl sites for hydroxylation is 1. The second kappa shape index (κ2) is 14.8. The summed E-state index contributed by atoms with van der Waals surface area (Å²) >= 11 is 18.6. The third-order valence-electron chi connectivity index (χ3n) is 7.67. The molecule has 1 unspecified atom stereocenters. The molecule has 1 aliphatic carbocycles.